The van der Waals surface area contributed by atoms with Crippen molar-refractivity contribution in [2.24, 2.45) is 0 Å². The predicted octanol–water partition coefficient (Wildman–Crippen LogP) is 4.32. The van der Waals surface area contributed by atoms with Crippen LogP contribution in [-0.4, -0.2) is 5.16 Å². The Hall–Kier alpha value is -0.810. The van der Waals surface area contributed by atoms with Gasteiger partial charge in [0, 0.05) is 16.3 Å². The van der Waals surface area contributed by atoms with E-state index in [-0.39, 0.29) is 5.82 Å². The Labute approximate surface area is 112 Å². The zero-order valence-corrected chi connectivity index (χ0v) is 11.6. The van der Waals surface area contributed by atoms with Gasteiger partial charge in [0.2, 0.25) is 0 Å². The lowest BCUT2D eigenvalue weighted by molar-refractivity contribution is 0.391. The Bertz CT molecular complexity index is 515. The van der Waals surface area contributed by atoms with E-state index in [1.54, 1.807) is 17.8 Å². The molecule has 0 amide bonds. The second-order valence-corrected chi connectivity index (χ2v) is 5.56. The molecule has 2 aromatic rings. The van der Waals surface area contributed by atoms with Gasteiger partial charge in [0.25, 0.3) is 0 Å². The number of thioether (sulfide) groups is 1. The van der Waals surface area contributed by atoms with Crippen molar-refractivity contribution in [1.82, 2.24) is 5.16 Å². The maximum absolute atomic E-state index is 13.5. The van der Waals surface area contributed by atoms with Crippen molar-refractivity contribution in [2.75, 3.05) is 0 Å². The van der Waals surface area contributed by atoms with Gasteiger partial charge in [-0.05, 0) is 24.6 Å². The summed E-state index contributed by atoms with van der Waals surface area (Å²) < 4.78 is 19.3. The van der Waals surface area contributed by atoms with E-state index in [9.17, 15) is 4.39 Å². The Morgan fingerprint density at radius 2 is 2.18 bits per heavy atom. The topological polar surface area (TPSA) is 26.0 Å². The standard InChI is InChI=1S/C12H11BrFNOS/c1-8-4-11(16-15-8)7-17-6-9-2-3-10(13)5-12(9)14/h2-5H,6-7H2,1H3. The Morgan fingerprint density at radius 3 is 2.82 bits per heavy atom. The van der Waals surface area contributed by atoms with E-state index in [0.29, 0.717) is 17.1 Å². The van der Waals surface area contributed by atoms with Gasteiger partial charge in [-0.2, -0.15) is 0 Å². The van der Waals surface area contributed by atoms with E-state index in [4.69, 9.17) is 4.52 Å². The van der Waals surface area contributed by atoms with Crippen LogP contribution in [0.4, 0.5) is 4.39 Å². The molecule has 0 radical (unpaired) electrons. The van der Waals surface area contributed by atoms with Crippen LogP contribution in [0.3, 0.4) is 0 Å². The molecule has 0 saturated heterocycles. The van der Waals surface area contributed by atoms with Gasteiger partial charge in [-0.15, -0.1) is 11.8 Å². The van der Waals surface area contributed by atoms with Gasteiger partial charge < -0.3 is 4.52 Å². The van der Waals surface area contributed by atoms with Crippen LogP contribution in [0.2, 0.25) is 0 Å². The van der Waals surface area contributed by atoms with Crippen molar-refractivity contribution in [3.05, 3.63) is 51.6 Å². The van der Waals surface area contributed by atoms with Crippen molar-refractivity contribution < 1.29 is 8.91 Å². The van der Waals surface area contributed by atoms with Gasteiger partial charge in [-0.1, -0.05) is 27.2 Å². The van der Waals surface area contributed by atoms with Crippen LogP contribution in [-0.2, 0) is 11.5 Å². The summed E-state index contributed by atoms with van der Waals surface area (Å²) in [5.74, 6) is 1.97. The largest absolute Gasteiger partial charge is 0.360 e. The van der Waals surface area contributed by atoms with Crippen LogP contribution in [0.15, 0.2) is 33.3 Å². The van der Waals surface area contributed by atoms with Gasteiger partial charge in [-0.25, -0.2) is 4.39 Å². The minimum atomic E-state index is -0.180. The summed E-state index contributed by atoms with van der Waals surface area (Å²) in [5, 5.41) is 3.80. The van der Waals surface area contributed by atoms with E-state index in [1.807, 2.05) is 19.1 Å². The molecule has 1 heterocycles. The first-order valence-electron chi connectivity index (χ1n) is 5.09. The first-order chi connectivity index (χ1) is 8.15. The minimum absolute atomic E-state index is 0.180. The summed E-state index contributed by atoms with van der Waals surface area (Å²) in [6.45, 7) is 1.88. The highest BCUT2D eigenvalue weighted by Gasteiger charge is 2.05. The predicted molar refractivity (Wildman–Crippen MR) is 70.3 cm³/mol. The number of hydrogen-bond acceptors (Lipinski definition) is 3. The molecule has 1 aromatic carbocycles. The first-order valence-corrected chi connectivity index (χ1v) is 7.04. The van der Waals surface area contributed by atoms with Crippen molar-refractivity contribution >= 4 is 27.7 Å². The molecule has 0 spiro atoms. The molecule has 0 saturated carbocycles. The molecule has 0 aliphatic heterocycles. The average molecular weight is 316 g/mol. The van der Waals surface area contributed by atoms with E-state index in [0.717, 1.165) is 15.9 Å². The number of rotatable bonds is 4. The third kappa shape index (κ3) is 3.57. The molecule has 90 valence electrons. The smallest absolute Gasteiger partial charge is 0.146 e. The van der Waals surface area contributed by atoms with Gasteiger partial charge in [-0.3, -0.25) is 0 Å². The lowest BCUT2D eigenvalue weighted by Gasteiger charge is -2.02. The number of aromatic nitrogens is 1. The maximum atomic E-state index is 13.5. The monoisotopic (exact) mass is 315 g/mol. The third-order valence-corrected chi connectivity index (χ3v) is 3.69. The second-order valence-electron chi connectivity index (χ2n) is 3.66. The fourth-order valence-corrected chi connectivity index (χ4v) is 2.61. The third-order valence-electron chi connectivity index (χ3n) is 2.19. The molecule has 0 atom stereocenters. The molecule has 2 rings (SSSR count). The van der Waals surface area contributed by atoms with Crippen LogP contribution in [0.25, 0.3) is 0 Å². The van der Waals surface area contributed by atoms with E-state index >= 15 is 0 Å². The molecule has 1 aromatic heterocycles. The molecule has 0 unspecified atom stereocenters. The van der Waals surface area contributed by atoms with Crippen LogP contribution < -0.4 is 0 Å². The summed E-state index contributed by atoms with van der Waals surface area (Å²) in [6.07, 6.45) is 0. The maximum Gasteiger partial charge on any atom is 0.146 e. The van der Waals surface area contributed by atoms with Crippen molar-refractivity contribution in [1.29, 1.82) is 0 Å². The Kier molecular flexibility index (Phi) is 4.23. The molecule has 0 aliphatic carbocycles. The number of nitrogens with zero attached hydrogens (tertiary/aromatic N) is 1. The van der Waals surface area contributed by atoms with Crippen LogP contribution in [0.1, 0.15) is 17.0 Å². The van der Waals surface area contributed by atoms with Crippen molar-refractivity contribution in [2.45, 2.75) is 18.4 Å². The summed E-state index contributed by atoms with van der Waals surface area (Å²) in [4.78, 5) is 0. The van der Waals surface area contributed by atoms with Gasteiger partial charge in [0.15, 0.2) is 0 Å². The molecular weight excluding hydrogens is 305 g/mol. The van der Waals surface area contributed by atoms with E-state index in [1.165, 1.54) is 6.07 Å². The molecule has 0 aliphatic rings. The van der Waals surface area contributed by atoms with E-state index in [2.05, 4.69) is 21.1 Å². The van der Waals surface area contributed by atoms with Crippen molar-refractivity contribution in [3.63, 3.8) is 0 Å². The van der Waals surface area contributed by atoms with Crippen molar-refractivity contribution in [3.8, 4) is 0 Å². The fraction of sp³-hybridized carbons (Fsp3) is 0.250. The van der Waals surface area contributed by atoms with Gasteiger partial charge >= 0.3 is 0 Å². The van der Waals surface area contributed by atoms with Crippen LogP contribution in [0.5, 0.6) is 0 Å². The fourth-order valence-electron chi connectivity index (χ4n) is 1.38. The highest BCUT2D eigenvalue weighted by atomic mass is 79.9. The molecule has 17 heavy (non-hydrogen) atoms. The summed E-state index contributed by atoms with van der Waals surface area (Å²) >= 11 is 4.84. The zero-order valence-electron chi connectivity index (χ0n) is 9.24. The summed E-state index contributed by atoms with van der Waals surface area (Å²) in [7, 11) is 0. The normalized spacial score (nSPS) is 10.8. The molecule has 0 fully saturated rings. The zero-order chi connectivity index (χ0) is 12.3. The quantitative estimate of drug-likeness (QED) is 0.840. The highest BCUT2D eigenvalue weighted by Crippen LogP contribution is 2.22. The van der Waals surface area contributed by atoms with Crippen LogP contribution in [0, 0.1) is 12.7 Å². The van der Waals surface area contributed by atoms with Gasteiger partial charge in [0.05, 0.1) is 11.4 Å². The Morgan fingerprint density at radius 1 is 1.35 bits per heavy atom. The van der Waals surface area contributed by atoms with Gasteiger partial charge in [0.1, 0.15) is 11.6 Å². The first kappa shape index (κ1) is 12.6. The highest BCUT2D eigenvalue weighted by molar-refractivity contribution is 9.10. The summed E-state index contributed by atoms with van der Waals surface area (Å²) in [5.41, 5.74) is 1.57. The number of benzene rings is 1. The average Bonchev–Trinajstić information content (AvgIpc) is 2.68. The summed E-state index contributed by atoms with van der Waals surface area (Å²) in [6, 6.07) is 7.01. The van der Waals surface area contributed by atoms with Crippen LogP contribution >= 0.6 is 27.7 Å². The molecular formula is C12H11BrFNOS. The molecule has 5 heteroatoms. The molecule has 2 nitrogen and oxygen atoms in total. The Balaban J connectivity index is 1.90. The number of aryl methyl sites for hydroxylation is 1. The lowest BCUT2D eigenvalue weighted by Crippen LogP contribution is -1.88. The van der Waals surface area contributed by atoms with E-state index < -0.39 is 0 Å². The lowest BCUT2D eigenvalue weighted by atomic mass is 10.2. The molecule has 0 bridgehead atoms. The number of halogens is 2. The second kappa shape index (κ2) is 5.69. The number of hydrogen-bond donors (Lipinski definition) is 0. The minimum Gasteiger partial charge on any atom is -0.360 e. The molecule has 0 N–H and O–H groups in total. The SMILES string of the molecule is Cc1cc(CSCc2ccc(Br)cc2F)on1.